The van der Waals surface area contributed by atoms with E-state index in [-0.39, 0.29) is 18.8 Å². The van der Waals surface area contributed by atoms with Gasteiger partial charge < -0.3 is 23.7 Å². The molecule has 0 radical (unpaired) electrons. The lowest BCUT2D eigenvalue weighted by Gasteiger charge is -2.29. The number of amides is 1. The van der Waals surface area contributed by atoms with Gasteiger partial charge >= 0.3 is 6.09 Å². The second kappa shape index (κ2) is 5.70. The number of ether oxygens (including phenoxy) is 5. The standard InChI is InChI=1S/C17H21NO6/c1-16(2)23-13-12(9-20-8-11-6-4-3-5-7-11)22-17(14(13)24-16)10-21-15(19)18-17/h3-7,12-14H,8-10H2,1-2H3,(H,18,19)/t12-,13-,14-,17-/m1/s1. The molecular formula is C17H21NO6. The second-order valence-electron chi connectivity index (χ2n) is 6.77. The molecule has 0 unspecified atom stereocenters. The van der Waals surface area contributed by atoms with Gasteiger partial charge in [-0.25, -0.2) is 4.79 Å². The molecule has 0 aromatic heterocycles. The molecule has 3 aliphatic rings. The molecule has 1 N–H and O–H groups in total. The van der Waals surface area contributed by atoms with Crippen molar-refractivity contribution in [3.8, 4) is 0 Å². The molecule has 0 bridgehead atoms. The Morgan fingerprint density at radius 2 is 2.00 bits per heavy atom. The highest BCUT2D eigenvalue weighted by atomic mass is 16.8. The first-order valence-corrected chi connectivity index (χ1v) is 8.08. The fourth-order valence-electron chi connectivity index (χ4n) is 3.46. The van der Waals surface area contributed by atoms with Gasteiger partial charge in [-0.3, -0.25) is 5.32 Å². The zero-order valence-corrected chi connectivity index (χ0v) is 13.7. The van der Waals surface area contributed by atoms with Crippen LogP contribution in [-0.4, -0.2) is 49.1 Å². The van der Waals surface area contributed by atoms with Crippen LogP contribution >= 0.6 is 0 Å². The Bertz CT molecular complexity index is 621. The van der Waals surface area contributed by atoms with Crippen LogP contribution in [-0.2, 0) is 30.3 Å². The van der Waals surface area contributed by atoms with Gasteiger partial charge in [0.25, 0.3) is 0 Å². The number of nitrogens with one attached hydrogen (secondary N) is 1. The molecule has 1 spiro atoms. The molecular weight excluding hydrogens is 314 g/mol. The molecule has 1 amide bonds. The number of carbonyl (C=O) groups excluding carboxylic acids is 1. The number of alkyl carbamates (subject to hydrolysis) is 1. The van der Waals surface area contributed by atoms with Crippen molar-refractivity contribution in [2.45, 2.75) is 50.3 Å². The minimum atomic E-state index is -1.00. The molecule has 0 aliphatic carbocycles. The van der Waals surface area contributed by atoms with E-state index in [1.807, 2.05) is 44.2 Å². The summed E-state index contributed by atoms with van der Waals surface area (Å²) >= 11 is 0. The van der Waals surface area contributed by atoms with Crippen molar-refractivity contribution in [1.29, 1.82) is 0 Å². The van der Waals surface area contributed by atoms with Gasteiger partial charge in [0.05, 0.1) is 13.2 Å². The highest BCUT2D eigenvalue weighted by Crippen LogP contribution is 2.44. The minimum absolute atomic E-state index is 0.0988. The number of hydrogen-bond donors (Lipinski definition) is 1. The molecule has 4 atom stereocenters. The summed E-state index contributed by atoms with van der Waals surface area (Å²) in [6.45, 7) is 4.62. The van der Waals surface area contributed by atoms with Crippen LogP contribution < -0.4 is 5.32 Å². The predicted octanol–water partition coefficient (Wildman–Crippen LogP) is 1.56. The van der Waals surface area contributed by atoms with Gasteiger partial charge in [-0.05, 0) is 19.4 Å². The van der Waals surface area contributed by atoms with Gasteiger partial charge in [0.1, 0.15) is 24.9 Å². The van der Waals surface area contributed by atoms with Crippen LogP contribution in [0.5, 0.6) is 0 Å². The highest BCUT2D eigenvalue weighted by Gasteiger charge is 2.66. The Morgan fingerprint density at radius 1 is 1.21 bits per heavy atom. The predicted molar refractivity (Wildman–Crippen MR) is 82.0 cm³/mol. The average molecular weight is 335 g/mol. The van der Waals surface area contributed by atoms with Crippen LogP contribution in [0.2, 0.25) is 0 Å². The topological polar surface area (TPSA) is 75.3 Å². The van der Waals surface area contributed by atoms with E-state index in [4.69, 9.17) is 23.7 Å². The van der Waals surface area contributed by atoms with Crippen molar-refractivity contribution < 1.29 is 28.5 Å². The van der Waals surface area contributed by atoms with Crippen LogP contribution in [0.3, 0.4) is 0 Å². The first-order chi connectivity index (χ1) is 11.5. The summed E-state index contributed by atoms with van der Waals surface area (Å²) in [6, 6.07) is 9.91. The van der Waals surface area contributed by atoms with Gasteiger partial charge in [-0.15, -0.1) is 0 Å². The Labute approximate surface area is 140 Å². The average Bonchev–Trinajstić information content (AvgIpc) is 3.15. The summed E-state index contributed by atoms with van der Waals surface area (Å²) in [5, 5.41) is 2.73. The van der Waals surface area contributed by atoms with E-state index in [0.29, 0.717) is 13.2 Å². The summed E-state index contributed by atoms with van der Waals surface area (Å²) in [5.74, 6) is -0.739. The maximum absolute atomic E-state index is 11.5. The van der Waals surface area contributed by atoms with Gasteiger partial charge in [-0.1, -0.05) is 30.3 Å². The van der Waals surface area contributed by atoms with E-state index in [1.165, 1.54) is 0 Å². The van der Waals surface area contributed by atoms with Gasteiger partial charge in [0.2, 0.25) is 5.72 Å². The lowest BCUT2D eigenvalue weighted by molar-refractivity contribution is -0.217. The maximum Gasteiger partial charge on any atom is 0.409 e. The Balaban J connectivity index is 1.44. The third-order valence-electron chi connectivity index (χ3n) is 4.44. The van der Waals surface area contributed by atoms with E-state index in [9.17, 15) is 4.79 Å². The lowest BCUT2D eigenvalue weighted by atomic mass is 10.0. The number of hydrogen-bond acceptors (Lipinski definition) is 6. The van der Waals surface area contributed by atoms with Crippen molar-refractivity contribution >= 4 is 6.09 Å². The summed E-state index contributed by atoms with van der Waals surface area (Å²) in [5.41, 5.74) is 0.0826. The number of carbonyl (C=O) groups is 1. The molecule has 24 heavy (non-hydrogen) atoms. The van der Waals surface area contributed by atoms with Crippen LogP contribution in [0, 0.1) is 0 Å². The molecule has 7 heteroatoms. The van der Waals surface area contributed by atoms with Crippen LogP contribution in [0.4, 0.5) is 4.79 Å². The van der Waals surface area contributed by atoms with E-state index in [1.54, 1.807) is 0 Å². The Hall–Kier alpha value is -1.67. The van der Waals surface area contributed by atoms with E-state index < -0.39 is 23.7 Å². The summed E-state index contributed by atoms with van der Waals surface area (Å²) < 4.78 is 28.8. The Kier molecular flexibility index (Phi) is 3.76. The molecule has 3 fully saturated rings. The normalized spacial score (nSPS) is 36.6. The van der Waals surface area contributed by atoms with E-state index >= 15 is 0 Å². The maximum atomic E-state index is 11.5. The Morgan fingerprint density at radius 3 is 2.71 bits per heavy atom. The monoisotopic (exact) mass is 335 g/mol. The molecule has 130 valence electrons. The number of rotatable bonds is 4. The molecule has 1 aromatic rings. The van der Waals surface area contributed by atoms with Gasteiger partial charge in [0.15, 0.2) is 5.79 Å². The minimum Gasteiger partial charge on any atom is -0.444 e. The lowest BCUT2D eigenvalue weighted by Crippen LogP contribution is -2.53. The highest BCUT2D eigenvalue weighted by molar-refractivity contribution is 5.70. The fourth-order valence-corrected chi connectivity index (χ4v) is 3.46. The summed E-state index contributed by atoms with van der Waals surface area (Å²) in [6.07, 6.45) is -1.60. The third-order valence-corrected chi connectivity index (χ3v) is 4.44. The summed E-state index contributed by atoms with van der Waals surface area (Å²) in [7, 11) is 0. The second-order valence-corrected chi connectivity index (χ2v) is 6.77. The molecule has 0 saturated carbocycles. The quantitative estimate of drug-likeness (QED) is 0.900. The van der Waals surface area contributed by atoms with Gasteiger partial charge in [0, 0.05) is 0 Å². The van der Waals surface area contributed by atoms with Crippen molar-refractivity contribution in [1.82, 2.24) is 5.32 Å². The number of benzene rings is 1. The van der Waals surface area contributed by atoms with Crippen LogP contribution in [0.25, 0.3) is 0 Å². The first-order valence-electron chi connectivity index (χ1n) is 8.08. The van der Waals surface area contributed by atoms with Crippen molar-refractivity contribution in [3.63, 3.8) is 0 Å². The van der Waals surface area contributed by atoms with E-state index in [2.05, 4.69) is 5.32 Å². The van der Waals surface area contributed by atoms with Crippen LogP contribution in [0.15, 0.2) is 30.3 Å². The first kappa shape index (κ1) is 15.8. The van der Waals surface area contributed by atoms with Gasteiger partial charge in [-0.2, -0.15) is 0 Å². The van der Waals surface area contributed by atoms with E-state index in [0.717, 1.165) is 5.56 Å². The zero-order valence-electron chi connectivity index (χ0n) is 13.7. The number of fused-ring (bicyclic) bond motifs is 2. The molecule has 4 rings (SSSR count). The van der Waals surface area contributed by atoms with Crippen molar-refractivity contribution in [3.05, 3.63) is 35.9 Å². The molecule has 3 saturated heterocycles. The molecule has 3 heterocycles. The molecule has 3 aliphatic heterocycles. The van der Waals surface area contributed by atoms with Crippen molar-refractivity contribution in [2.24, 2.45) is 0 Å². The zero-order chi connectivity index (χ0) is 16.8. The van der Waals surface area contributed by atoms with Crippen LogP contribution in [0.1, 0.15) is 19.4 Å². The summed E-state index contributed by atoms with van der Waals surface area (Å²) in [4.78, 5) is 11.5. The third kappa shape index (κ3) is 2.77. The SMILES string of the molecule is CC1(C)O[C@H]2[C@@H](O1)[C@@]1(COC(=O)N1)O[C@@H]2COCc1ccccc1. The van der Waals surface area contributed by atoms with Crippen molar-refractivity contribution in [2.75, 3.05) is 13.2 Å². The fraction of sp³-hybridized carbons (Fsp3) is 0.588. The molecule has 7 nitrogen and oxygen atoms in total. The smallest absolute Gasteiger partial charge is 0.409 e. The molecule has 1 aromatic carbocycles. The number of cyclic esters (lactones) is 1. The largest absolute Gasteiger partial charge is 0.444 e.